The maximum atomic E-state index is 13.5. The van der Waals surface area contributed by atoms with E-state index in [0.717, 1.165) is 5.56 Å². The predicted octanol–water partition coefficient (Wildman–Crippen LogP) is 3.85. The van der Waals surface area contributed by atoms with Gasteiger partial charge in [-0.2, -0.15) is 0 Å². The van der Waals surface area contributed by atoms with Gasteiger partial charge in [0.15, 0.2) is 0 Å². The first kappa shape index (κ1) is 18.4. The molecular weight excluding hydrogens is 321 g/mol. The molecule has 0 saturated heterocycles. The van der Waals surface area contributed by atoms with Crippen molar-refractivity contribution in [3.05, 3.63) is 59.4 Å². The normalized spacial score (nSPS) is 10.2. The van der Waals surface area contributed by atoms with E-state index < -0.39 is 0 Å². The van der Waals surface area contributed by atoms with Crippen LogP contribution >= 0.6 is 0 Å². The van der Waals surface area contributed by atoms with Crippen molar-refractivity contribution < 1.29 is 14.0 Å². The molecule has 2 aromatic carbocycles. The minimum atomic E-state index is -0.376. The Morgan fingerprint density at radius 1 is 1.08 bits per heavy atom. The maximum Gasteiger partial charge on any atom is 0.319 e. The summed E-state index contributed by atoms with van der Waals surface area (Å²) in [7, 11) is 0. The minimum absolute atomic E-state index is 0.0934. The Hall–Kier alpha value is -2.89. The van der Waals surface area contributed by atoms with Gasteiger partial charge >= 0.3 is 6.03 Å². The molecule has 3 N–H and O–H groups in total. The third-order valence-electron chi connectivity index (χ3n) is 3.73. The van der Waals surface area contributed by atoms with Crippen molar-refractivity contribution in [2.24, 2.45) is 0 Å². The average Bonchev–Trinajstić information content (AvgIpc) is 2.59. The number of hydrogen-bond donors (Lipinski definition) is 3. The van der Waals surface area contributed by atoms with E-state index in [0.29, 0.717) is 36.3 Å². The molecule has 25 heavy (non-hydrogen) atoms. The Morgan fingerprint density at radius 3 is 2.56 bits per heavy atom. The molecule has 0 unspecified atom stereocenters. The first-order valence-corrected chi connectivity index (χ1v) is 8.18. The zero-order chi connectivity index (χ0) is 18.2. The second-order valence-electron chi connectivity index (χ2n) is 5.65. The lowest BCUT2D eigenvalue weighted by Crippen LogP contribution is -2.30. The molecular formula is C19H22FN3O2. The van der Waals surface area contributed by atoms with E-state index in [1.807, 2.05) is 13.0 Å². The van der Waals surface area contributed by atoms with Gasteiger partial charge < -0.3 is 16.0 Å². The highest BCUT2D eigenvalue weighted by Gasteiger charge is 2.07. The van der Waals surface area contributed by atoms with Crippen LogP contribution < -0.4 is 16.0 Å². The van der Waals surface area contributed by atoms with Gasteiger partial charge in [0.1, 0.15) is 5.82 Å². The van der Waals surface area contributed by atoms with Crippen molar-refractivity contribution in [2.45, 2.75) is 26.7 Å². The zero-order valence-electron chi connectivity index (χ0n) is 14.4. The average molecular weight is 343 g/mol. The lowest BCUT2D eigenvalue weighted by atomic mass is 10.1. The summed E-state index contributed by atoms with van der Waals surface area (Å²) in [6, 6.07) is 11.4. The molecule has 0 aliphatic heterocycles. The van der Waals surface area contributed by atoms with E-state index in [9.17, 15) is 14.0 Å². The number of amides is 3. The van der Waals surface area contributed by atoms with Crippen LogP contribution in [0.1, 0.15) is 24.5 Å². The Kier molecular flexibility index (Phi) is 6.51. The Morgan fingerprint density at radius 2 is 1.84 bits per heavy atom. The topological polar surface area (TPSA) is 70.2 Å². The van der Waals surface area contributed by atoms with Crippen molar-refractivity contribution in [1.29, 1.82) is 0 Å². The van der Waals surface area contributed by atoms with Crippen molar-refractivity contribution in [2.75, 3.05) is 17.2 Å². The van der Waals surface area contributed by atoms with E-state index >= 15 is 0 Å². The van der Waals surface area contributed by atoms with Crippen LogP contribution in [-0.4, -0.2) is 18.5 Å². The fraction of sp³-hybridized carbons (Fsp3) is 0.263. The van der Waals surface area contributed by atoms with Crippen molar-refractivity contribution >= 4 is 23.3 Å². The number of rotatable bonds is 6. The molecule has 0 aliphatic rings. The summed E-state index contributed by atoms with van der Waals surface area (Å²) < 4.78 is 13.5. The van der Waals surface area contributed by atoms with Gasteiger partial charge in [0.25, 0.3) is 0 Å². The molecule has 3 amide bonds. The molecule has 5 nitrogen and oxygen atoms in total. The lowest BCUT2D eigenvalue weighted by Gasteiger charge is -2.12. The van der Waals surface area contributed by atoms with Gasteiger partial charge in [0, 0.05) is 24.3 Å². The first-order chi connectivity index (χ1) is 12.0. The van der Waals surface area contributed by atoms with Gasteiger partial charge in [-0.1, -0.05) is 31.2 Å². The van der Waals surface area contributed by atoms with Gasteiger partial charge in [-0.3, -0.25) is 4.79 Å². The molecule has 0 bridgehead atoms. The van der Waals surface area contributed by atoms with Crippen molar-refractivity contribution in [3.8, 4) is 0 Å². The van der Waals surface area contributed by atoms with Crippen LogP contribution in [0.15, 0.2) is 42.5 Å². The number of carbonyl (C=O) groups is 2. The molecule has 6 heteroatoms. The maximum absolute atomic E-state index is 13.5. The first-order valence-electron chi connectivity index (χ1n) is 8.18. The van der Waals surface area contributed by atoms with Crippen LogP contribution in [0.5, 0.6) is 0 Å². The highest BCUT2D eigenvalue weighted by molar-refractivity contribution is 5.94. The van der Waals surface area contributed by atoms with Crippen LogP contribution in [0.25, 0.3) is 0 Å². The zero-order valence-corrected chi connectivity index (χ0v) is 14.4. The summed E-state index contributed by atoms with van der Waals surface area (Å²) in [6.07, 6.45) is 0.791. The summed E-state index contributed by atoms with van der Waals surface area (Å²) >= 11 is 0. The summed E-state index contributed by atoms with van der Waals surface area (Å²) in [5, 5.41) is 8.20. The molecule has 132 valence electrons. The van der Waals surface area contributed by atoms with E-state index in [1.54, 1.807) is 37.3 Å². The van der Waals surface area contributed by atoms with Gasteiger partial charge in [-0.25, -0.2) is 9.18 Å². The highest BCUT2D eigenvalue weighted by Crippen LogP contribution is 2.20. The van der Waals surface area contributed by atoms with Crippen LogP contribution in [-0.2, 0) is 11.2 Å². The van der Waals surface area contributed by atoms with Crippen LogP contribution in [0, 0.1) is 12.7 Å². The number of aryl methyl sites for hydroxylation is 1. The summed E-state index contributed by atoms with van der Waals surface area (Å²) in [6.45, 7) is 3.95. The van der Waals surface area contributed by atoms with Crippen LogP contribution in [0.4, 0.5) is 20.6 Å². The molecule has 0 aromatic heterocycles. The number of benzene rings is 2. The quantitative estimate of drug-likeness (QED) is 0.746. The van der Waals surface area contributed by atoms with Crippen molar-refractivity contribution in [3.63, 3.8) is 0 Å². The number of hydrogen-bond acceptors (Lipinski definition) is 2. The molecule has 0 spiro atoms. The van der Waals surface area contributed by atoms with Gasteiger partial charge in [0.05, 0.1) is 0 Å². The second kappa shape index (κ2) is 8.82. The Bertz CT molecular complexity index is 762. The van der Waals surface area contributed by atoms with Gasteiger partial charge in [0.2, 0.25) is 5.91 Å². The number of urea groups is 1. The third-order valence-corrected chi connectivity index (χ3v) is 3.73. The van der Waals surface area contributed by atoms with Gasteiger partial charge in [-0.15, -0.1) is 0 Å². The molecule has 0 aliphatic carbocycles. The van der Waals surface area contributed by atoms with Crippen LogP contribution in [0.3, 0.4) is 0 Å². The molecule has 2 rings (SSSR count). The Labute approximate surface area is 146 Å². The molecule has 0 atom stereocenters. The predicted molar refractivity (Wildman–Crippen MR) is 97.2 cm³/mol. The monoisotopic (exact) mass is 343 g/mol. The second-order valence-corrected chi connectivity index (χ2v) is 5.65. The lowest BCUT2D eigenvalue weighted by molar-refractivity contribution is -0.115. The Balaban J connectivity index is 1.90. The number of anilines is 2. The highest BCUT2D eigenvalue weighted by atomic mass is 19.1. The molecule has 0 radical (unpaired) electrons. The fourth-order valence-corrected chi connectivity index (χ4v) is 2.26. The van der Waals surface area contributed by atoms with Gasteiger partial charge in [-0.05, 0) is 42.7 Å². The molecule has 0 fully saturated rings. The number of carbonyl (C=O) groups excluding carboxylic acids is 2. The smallest absolute Gasteiger partial charge is 0.319 e. The largest absolute Gasteiger partial charge is 0.338 e. The summed E-state index contributed by atoms with van der Waals surface area (Å²) in [5.74, 6) is -0.371. The van der Waals surface area contributed by atoms with E-state index in [1.165, 1.54) is 6.07 Å². The van der Waals surface area contributed by atoms with E-state index in [-0.39, 0.29) is 17.8 Å². The summed E-state index contributed by atoms with van der Waals surface area (Å²) in [5.41, 5.74) is 2.67. The minimum Gasteiger partial charge on any atom is -0.338 e. The molecule has 0 saturated carbocycles. The third kappa shape index (κ3) is 5.60. The van der Waals surface area contributed by atoms with E-state index in [2.05, 4.69) is 16.0 Å². The molecule has 2 aromatic rings. The number of halogens is 1. The van der Waals surface area contributed by atoms with Crippen LogP contribution in [0.2, 0.25) is 0 Å². The number of nitrogens with one attached hydrogen (secondary N) is 3. The fourth-order valence-electron chi connectivity index (χ4n) is 2.26. The SMILES string of the molecule is CCC(=O)Nc1ccc(C)c(NC(=O)NCCc2ccccc2F)c1. The van der Waals surface area contributed by atoms with Crippen molar-refractivity contribution in [1.82, 2.24) is 5.32 Å². The standard InChI is InChI=1S/C19H22FN3O2/c1-3-18(24)22-15-9-8-13(2)17(12-15)23-19(25)21-11-10-14-6-4-5-7-16(14)20/h4-9,12H,3,10-11H2,1-2H3,(H,22,24)(H2,21,23,25). The molecule has 0 heterocycles. The van der Waals surface area contributed by atoms with E-state index in [4.69, 9.17) is 0 Å². The summed E-state index contributed by atoms with van der Waals surface area (Å²) in [4.78, 5) is 23.5.